The maximum Gasteiger partial charge on any atom is 0.262 e. The van der Waals surface area contributed by atoms with Crippen molar-refractivity contribution in [3.8, 4) is 5.75 Å². The van der Waals surface area contributed by atoms with Crippen LogP contribution in [0.1, 0.15) is 66.7 Å². The normalized spacial score (nSPS) is 18.9. The minimum absolute atomic E-state index is 0.0675. The van der Waals surface area contributed by atoms with Crippen LogP contribution in [0.25, 0.3) is 0 Å². The highest BCUT2D eigenvalue weighted by Gasteiger charge is 2.30. The molecule has 1 saturated heterocycles. The van der Waals surface area contributed by atoms with E-state index >= 15 is 0 Å². The first kappa shape index (κ1) is 21.1. The molecule has 2 aliphatic rings. The Morgan fingerprint density at radius 1 is 1.26 bits per heavy atom. The Labute approximate surface area is 181 Å². The highest BCUT2D eigenvalue weighted by molar-refractivity contribution is 6.00. The number of nitrogens with zero attached hydrogens (tertiary/aromatic N) is 2. The van der Waals surface area contributed by atoms with E-state index in [0.717, 1.165) is 32.1 Å². The Kier molecular flexibility index (Phi) is 6.06. The Balaban J connectivity index is 1.59. The van der Waals surface area contributed by atoms with Crippen molar-refractivity contribution in [1.82, 2.24) is 14.9 Å². The van der Waals surface area contributed by atoms with E-state index in [1.54, 1.807) is 31.1 Å². The summed E-state index contributed by atoms with van der Waals surface area (Å²) < 4.78 is 5.35. The molecule has 1 aromatic heterocycles. The molecule has 0 bridgehead atoms. The van der Waals surface area contributed by atoms with E-state index in [1.165, 1.54) is 0 Å². The highest BCUT2D eigenvalue weighted by Crippen LogP contribution is 2.29. The van der Waals surface area contributed by atoms with E-state index in [-0.39, 0.29) is 23.1 Å². The average Bonchev–Trinajstić information content (AvgIpc) is 2.75. The standard InChI is InChI=1S/C23H29N5O3/c1-14(24)19-21(25-16-8-5-9-16)26-20(27-22(19)29)15-7-6-12-28(13-15)23(30)17-10-3-4-11-18(17)31-2/h3-4,10-11,15-16,24H,5-9,12-13H2,1-2H3,(H2,25,26,27,29). The number of hydrogen-bond donors (Lipinski definition) is 3. The number of likely N-dealkylation sites (tertiary alicyclic amines) is 1. The zero-order valence-corrected chi connectivity index (χ0v) is 18.0. The third kappa shape index (κ3) is 4.33. The molecular formula is C23H29N5O3. The molecule has 1 atom stereocenters. The molecule has 1 aromatic carbocycles. The molecule has 3 N–H and O–H groups in total. The second kappa shape index (κ2) is 8.91. The summed E-state index contributed by atoms with van der Waals surface area (Å²) in [4.78, 5) is 35.3. The first-order chi connectivity index (χ1) is 15.0. The van der Waals surface area contributed by atoms with Crippen LogP contribution in [0.3, 0.4) is 0 Å². The summed E-state index contributed by atoms with van der Waals surface area (Å²) in [6.45, 7) is 2.74. The van der Waals surface area contributed by atoms with Crippen LogP contribution < -0.4 is 15.6 Å². The molecule has 1 unspecified atom stereocenters. The van der Waals surface area contributed by atoms with Gasteiger partial charge in [-0.25, -0.2) is 4.98 Å². The van der Waals surface area contributed by atoms with Gasteiger partial charge in [0.1, 0.15) is 23.0 Å². The number of hydrogen-bond acceptors (Lipinski definition) is 6. The number of H-pyrrole nitrogens is 1. The molecule has 1 aliphatic heterocycles. The second-order valence-corrected chi connectivity index (χ2v) is 8.36. The van der Waals surface area contributed by atoms with Gasteiger partial charge >= 0.3 is 0 Å². The summed E-state index contributed by atoms with van der Waals surface area (Å²) in [7, 11) is 1.56. The number of ether oxygens (including phenoxy) is 1. The zero-order chi connectivity index (χ0) is 22.0. The largest absolute Gasteiger partial charge is 0.496 e. The van der Waals surface area contributed by atoms with E-state index in [4.69, 9.17) is 15.1 Å². The summed E-state index contributed by atoms with van der Waals surface area (Å²) in [5.41, 5.74) is 0.730. The van der Waals surface area contributed by atoms with Crippen molar-refractivity contribution in [1.29, 1.82) is 5.41 Å². The molecule has 4 rings (SSSR count). The van der Waals surface area contributed by atoms with Crippen molar-refractivity contribution in [2.75, 3.05) is 25.5 Å². The fourth-order valence-corrected chi connectivity index (χ4v) is 4.26. The highest BCUT2D eigenvalue weighted by atomic mass is 16.5. The van der Waals surface area contributed by atoms with Gasteiger partial charge in [0, 0.05) is 30.8 Å². The second-order valence-electron chi connectivity index (χ2n) is 8.36. The maximum atomic E-state index is 13.1. The number of benzene rings is 1. The minimum atomic E-state index is -0.299. The summed E-state index contributed by atoms with van der Waals surface area (Å²) in [5.74, 6) is 1.48. The number of aromatic nitrogens is 2. The predicted octanol–water partition coefficient (Wildman–Crippen LogP) is 3.15. The van der Waals surface area contributed by atoms with E-state index in [1.807, 2.05) is 12.1 Å². The smallest absolute Gasteiger partial charge is 0.262 e. The van der Waals surface area contributed by atoms with Crippen molar-refractivity contribution in [3.05, 3.63) is 51.6 Å². The molecule has 31 heavy (non-hydrogen) atoms. The lowest BCUT2D eigenvalue weighted by Gasteiger charge is -2.33. The molecule has 2 heterocycles. The van der Waals surface area contributed by atoms with Crippen LogP contribution in [0.4, 0.5) is 5.82 Å². The predicted molar refractivity (Wildman–Crippen MR) is 119 cm³/mol. The van der Waals surface area contributed by atoms with Gasteiger partial charge in [-0.05, 0) is 51.2 Å². The van der Waals surface area contributed by atoms with Gasteiger partial charge in [0.05, 0.1) is 12.7 Å². The van der Waals surface area contributed by atoms with Gasteiger partial charge in [0.2, 0.25) is 0 Å². The Morgan fingerprint density at radius 3 is 2.71 bits per heavy atom. The van der Waals surface area contributed by atoms with Gasteiger partial charge in [-0.3, -0.25) is 9.59 Å². The van der Waals surface area contributed by atoms with Crippen molar-refractivity contribution in [2.24, 2.45) is 0 Å². The van der Waals surface area contributed by atoms with Gasteiger partial charge in [-0.15, -0.1) is 0 Å². The minimum Gasteiger partial charge on any atom is -0.496 e. The number of carbonyl (C=O) groups excluding carboxylic acids is 1. The summed E-state index contributed by atoms with van der Waals surface area (Å²) in [5, 5.41) is 11.4. The van der Waals surface area contributed by atoms with Crippen molar-refractivity contribution in [2.45, 2.75) is 51.0 Å². The number of aromatic amines is 1. The number of rotatable bonds is 6. The van der Waals surface area contributed by atoms with Crippen LogP contribution >= 0.6 is 0 Å². The van der Waals surface area contributed by atoms with E-state index in [0.29, 0.717) is 47.7 Å². The fourth-order valence-electron chi connectivity index (χ4n) is 4.26. The van der Waals surface area contributed by atoms with Crippen molar-refractivity contribution in [3.63, 3.8) is 0 Å². The number of amides is 1. The van der Waals surface area contributed by atoms with Crippen molar-refractivity contribution < 1.29 is 9.53 Å². The van der Waals surface area contributed by atoms with Crippen LogP contribution in [-0.2, 0) is 0 Å². The average molecular weight is 424 g/mol. The Hall–Kier alpha value is -3.16. The Bertz CT molecular complexity index is 1040. The van der Waals surface area contributed by atoms with Gasteiger partial charge in [-0.2, -0.15) is 0 Å². The lowest BCUT2D eigenvalue weighted by atomic mass is 9.93. The molecule has 1 aliphatic carbocycles. The third-order valence-electron chi connectivity index (χ3n) is 6.19. The third-order valence-corrected chi connectivity index (χ3v) is 6.19. The first-order valence-electron chi connectivity index (χ1n) is 10.9. The number of methoxy groups -OCH3 is 1. The molecule has 1 amide bonds. The molecule has 164 valence electrons. The molecule has 8 nitrogen and oxygen atoms in total. The van der Waals surface area contributed by atoms with Gasteiger partial charge in [-0.1, -0.05) is 12.1 Å². The van der Waals surface area contributed by atoms with Crippen LogP contribution in [0.5, 0.6) is 5.75 Å². The summed E-state index contributed by atoms with van der Waals surface area (Å²) in [6, 6.07) is 7.52. The first-order valence-corrected chi connectivity index (χ1v) is 10.9. The number of piperidine rings is 1. The lowest BCUT2D eigenvalue weighted by Crippen LogP contribution is -2.40. The summed E-state index contributed by atoms with van der Waals surface area (Å²) >= 11 is 0. The maximum absolute atomic E-state index is 13.1. The molecular weight excluding hydrogens is 394 g/mol. The topological polar surface area (TPSA) is 111 Å². The van der Waals surface area contributed by atoms with Crippen LogP contribution in [0.2, 0.25) is 0 Å². The molecule has 2 aromatic rings. The molecule has 0 spiro atoms. The van der Waals surface area contributed by atoms with Crippen LogP contribution in [0.15, 0.2) is 29.1 Å². The number of anilines is 1. The lowest BCUT2D eigenvalue weighted by molar-refractivity contribution is 0.0701. The number of nitrogens with one attached hydrogen (secondary N) is 3. The van der Waals surface area contributed by atoms with E-state index < -0.39 is 0 Å². The Morgan fingerprint density at radius 2 is 2.03 bits per heavy atom. The van der Waals surface area contributed by atoms with Crippen LogP contribution in [-0.4, -0.2) is 52.7 Å². The van der Waals surface area contributed by atoms with E-state index in [2.05, 4.69) is 10.3 Å². The molecule has 2 fully saturated rings. The van der Waals surface area contributed by atoms with Gasteiger partial charge < -0.3 is 25.3 Å². The van der Waals surface area contributed by atoms with Crippen LogP contribution in [0, 0.1) is 5.41 Å². The SMILES string of the molecule is COc1ccccc1C(=O)N1CCCC(c2nc(NC3CCC3)c(C(C)=N)c(=O)[nH]2)C1. The molecule has 1 saturated carbocycles. The van der Waals surface area contributed by atoms with Gasteiger partial charge in [0.15, 0.2) is 0 Å². The molecule has 8 heteroatoms. The van der Waals surface area contributed by atoms with Crippen molar-refractivity contribution >= 4 is 17.4 Å². The number of carbonyl (C=O) groups is 1. The van der Waals surface area contributed by atoms with E-state index in [9.17, 15) is 9.59 Å². The monoisotopic (exact) mass is 423 g/mol. The quantitative estimate of drug-likeness (QED) is 0.618. The summed E-state index contributed by atoms with van der Waals surface area (Å²) in [6.07, 6.45) is 4.92. The van der Waals surface area contributed by atoms with Gasteiger partial charge in [0.25, 0.3) is 11.5 Å². The molecule has 0 radical (unpaired) electrons. The zero-order valence-electron chi connectivity index (χ0n) is 18.0. The number of para-hydroxylation sites is 1. The fraction of sp³-hybridized carbons (Fsp3) is 0.478.